The Morgan fingerprint density at radius 1 is 1.20 bits per heavy atom. The van der Waals surface area contributed by atoms with Crippen LogP contribution in [0.1, 0.15) is 5.56 Å². The molecule has 2 aromatic carbocycles. The highest BCUT2D eigenvalue weighted by atomic mass is 19.1. The summed E-state index contributed by atoms with van der Waals surface area (Å²) in [7, 11) is 0. The van der Waals surface area contributed by atoms with E-state index in [0.717, 1.165) is 12.1 Å². The van der Waals surface area contributed by atoms with Crippen LogP contribution in [-0.2, 0) is 0 Å². The number of imidazole rings is 1. The SMILES string of the molecule is N#Cc1cccc2c1nc(N)n2-c1ccc(F)cc1F. The number of benzene rings is 2. The Morgan fingerprint density at radius 2 is 2.00 bits per heavy atom. The molecule has 0 spiro atoms. The highest BCUT2D eigenvalue weighted by molar-refractivity contribution is 5.85. The van der Waals surface area contributed by atoms with Gasteiger partial charge in [-0.15, -0.1) is 0 Å². The van der Waals surface area contributed by atoms with Crippen LogP contribution in [-0.4, -0.2) is 9.55 Å². The van der Waals surface area contributed by atoms with E-state index in [4.69, 9.17) is 11.0 Å². The van der Waals surface area contributed by atoms with Crippen molar-refractivity contribution in [2.45, 2.75) is 0 Å². The molecule has 0 aliphatic rings. The molecule has 0 fully saturated rings. The lowest BCUT2D eigenvalue weighted by Crippen LogP contribution is -2.03. The van der Waals surface area contributed by atoms with Crippen LogP contribution in [0, 0.1) is 23.0 Å². The van der Waals surface area contributed by atoms with Gasteiger partial charge in [-0.1, -0.05) is 6.07 Å². The number of halogens is 2. The lowest BCUT2D eigenvalue weighted by atomic mass is 10.2. The summed E-state index contributed by atoms with van der Waals surface area (Å²) in [6.45, 7) is 0. The van der Waals surface area contributed by atoms with Crippen molar-refractivity contribution in [3.63, 3.8) is 0 Å². The molecule has 0 atom stereocenters. The summed E-state index contributed by atoms with van der Waals surface area (Å²) in [6, 6.07) is 10.1. The largest absolute Gasteiger partial charge is 0.369 e. The molecular weight excluding hydrogens is 262 g/mol. The number of aromatic nitrogens is 2. The second-order valence-electron chi connectivity index (χ2n) is 4.19. The van der Waals surface area contributed by atoms with E-state index in [1.54, 1.807) is 18.2 Å². The Hall–Kier alpha value is -2.94. The van der Waals surface area contributed by atoms with Crippen molar-refractivity contribution in [1.29, 1.82) is 5.26 Å². The van der Waals surface area contributed by atoms with Crippen LogP contribution in [0.2, 0.25) is 0 Å². The van der Waals surface area contributed by atoms with Gasteiger partial charge in [0.15, 0.2) is 0 Å². The lowest BCUT2D eigenvalue weighted by molar-refractivity contribution is 0.579. The molecule has 0 saturated heterocycles. The summed E-state index contributed by atoms with van der Waals surface area (Å²) in [5.41, 5.74) is 7.10. The van der Waals surface area contributed by atoms with Crippen molar-refractivity contribution in [1.82, 2.24) is 9.55 Å². The van der Waals surface area contributed by atoms with Crippen molar-refractivity contribution in [2.75, 3.05) is 5.73 Å². The molecule has 1 aromatic heterocycles. The van der Waals surface area contributed by atoms with Gasteiger partial charge in [-0.2, -0.15) is 5.26 Å². The molecule has 3 aromatic rings. The zero-order chi connectivity index (χ0) is 14.3. The number of nitrogen functional groups attached to an aromatic ring is 1. The van der Waals surface area contributed by atoms with Crippen LogP contribution in [0.3, 0.4) is 0 Å². The number of rotatable bonds is 1. The number of nitrogens with zero attached hydrogens (tertiary/aromatic N) is 3. The van der Waals surface area contributed by atoms with Crippen LogP contribution in [0.4, 0.5) is 14.7 Å². The third kappa shape index (κ3) is 1.68. The fourth-order valence-electron chi connectivity index (χ4n) is 2.12. The normalized spacial score (nSPS) is 10.7. The minimum absolute atomic E-state index is 0.0354. The second-order valence-corrected chi connectivity index (χ2v) is 4.19. The Kier molecular flexibility index (Phi) is 2.61. The van der Waals surface area contributed by atoms with Crippen molar-refractivity contribution >= 4 is 17.0 Å². The van der Waals surface area contributed by atoms with Gasteiger partial charge in [-0.25, -0.2) is 13.8 Å². The maximum Gasteiger partial charge on any atom is 0.206 e. The van der Waals surface area contributed by atoms with Gasteiger partial charge in [0, 0.05) is 6.07 Å². The van der Waals surface area contributed by atoms with E-state index in [0.29, 0.717) is 16.6 Å². The Labute approximate surface area is 112 Å². The molecule has 0 aliphatic heterocycles. The first-order chi connectivity index (χ1) is 9.61. The van der Waals surface area contributed by atoms with Gasteiger partial charge in [-0.05, 0) is 24.3 Å². The first-order valence-electron chi connectivity index (χ1n) is 5.74. The number of nitrogens with two attached hydrogens (primary N) is 1. The van der Waals surface area contributed by atoms with Gasteiger partial charge in [0.05, 0.1) is 16.8 Å². The standard InChI is InChI=1S/C14H8F2N4/c15-9-4-5-11(10(16)6-9)20-12-3-1-2-8(7-17)13(12)19-14(20)18/h1-6H,(H2,18,19). The molecule has 0 unspecified atom stereocenters. The number of hydrogen-bond donors (Lipinski definition) is 1. The average molecular weight is 270 g/mol. The van der Waals surface area contributed by atoms with Crippen molar-refractivity contribution < 1.29 is 8.78 Å². The first-order valence-corrected chi connectivity index (χ1v) is 5.74. The number of para-hydroxylation sites is 1. The summed E-state index contributed by atoms with van der Waals surface area (Å²) < 4.78 is 28.2. The molecule has 98 valence electrons. The predicted molar refractivity (Wildman–Crippen MR) is 70.1 cm³/mol. The van der Waals surface area contributed by atoms with Crippen molar-refractivity contribution in [3.8, 4) is 11.8 Å². The number of hydrogen-bond acceptors (Lipinski definition) is 3. The molecule has 0 aliphatic carbocycles. The summed E-state index contributed by atoms with van der Waals surface area (Å²) in [4.78, 5) is 4.08. The van der Waals surface area contributed by atoms with E-state index in [1.807, 2.05) is 6.07 Å². The van der Waals surface area contributed by atoms with Gasteiger partial charge in [-0.3, -0.25) is 4.57 Å². The summed E-state index contributed by atoms with van der Waals surface area (Å²) >= 11 is 0. The van der Waals surface area contributed by atoms with Crippen LogP contribution < -0.4 is 5.73 Å². The topological polar surface area (TPSA) is 67.6 Å². The summed E-state index contributed by atoms with van der Waals surface area (Å²) in [6.07, 6.45) is 0. The van der Waals surface area contributed by atoms with Gasteiger partial charge >= 0.3 is 0 Å². The third-order valence-corrected chi connectivity index (χ3v) is 2.98. The van der Waals surface area contributed by atoms with Crippen LogP contribution in [0.5, 0.6) is 0 Å². The fraction of sp³-hybridized carbons (Fsp3) is 0. The molecule has 0 radical (unpaired) electrons. The molecule has 20 heavy (non-hydrogen) atoms. The zero-order valence-corrected chi connectivity index (χ0v) is 10.1. The molecular formula is C14H8F2N4. The molecule has 1 heterocycles. The van der Waals surface area contributed by atoms with E-state index < -0.39 is 11.6 Å². The molecule has 3 rings (SSSR count). The van der Waals surface area contributed by atoms with Gasteiger partial charge in [0.25, 0.3) is 0 Å². The molecule has 0 amide bonds. The highest BCUT2D eigenvalue weighted by Crippen LogP contribution is 2.26. The number of fused-ring (bicyclic) bond motifs is 1. The van der Waals surface area contributed by atoms with Gasteiger partial charge in [0.2, 0.25) is 5.95 Å². The maximum absolute atomic E-state index is 13.9. The smallest absolute Gasteiger partial charge is 0.206 e. The van der Waals surface area contributed by atoms with Crippen molar-refractivity contribution in [2.24, 2.45) is 0 Å². The fourth-order valence-corrected chi connectivity index (χ4v) is 2.12. The quantitative estimate of drug-likeness (QED) is 0.739. The molecule has 0 bridgehead atoms. The maximum atomic E-state index is 13.9. The molecule has 6 heteroatoms. The average Bonchev–Trinajstić information content (AvgIpc) is 2.75. The van der Waals surface area contributed by atoms with Crippen molar-refractivity contribution in [3.05, 3.63) is 53.6 Å². The van der Waals surface area contributed by atoms with E-state index in [2.05, 4.69) is 4.98 Å². The second kappa shape index (κ2) is 4.31. The highest BCUT2D eigenvalue weighted by Gasteiger charge is 2.15. The number of anilines is 1. The molecule has 0 saturated carbocycles. The van der Waals surface area contributed by atoms with E-state index >= 15 is 0 Å². The lowest BCUT2D eigenvalue weighted by Gasteiger charge is -2.07. The Bertz CT molecular complexity index is 861. The molecule has 2 N–H and O–H groups in total. The molecule has 4 nitrogen and oxygen atoms in total. The monoisotopic (exact) mass is 270 g/mol. The van der Waals surface area contributed by atoms with E-state index in [-0.39, 0.29) is 11.6 Å². The minimum atomic E-state index is -0.752. The van der Waals surface area contributed by atoms with Gasteiger partial charge < -0.3 is 5.73 Å². The number of nitriles is 1. The van der Waals surface area contributed by atoms with Gasteiger partial charge in [0.1, 0.15) is 23.2 Å². The Morgan fingerprint density at radius 3 is 2.70 bits per heavy atom. The van der Waals surface area contributed by atoms with E-state index in [1.165, 1.54) is 10.6 Å². The summed E-state index contributed by atoms with van der Waals surface area (Å²) in [5.74, 6) is -1.39. The first kappa shape index (κ1) is 12.1. The minimum Gasteiger partial charge on any atom is -0.369 e. The van der Waals surface area contributed by atoms with Crippen LogP contribution in [0.15, 0.2) is 36.4 Å². The van der Waals surface area contributed by atoms with Crippen LogP contribution in [0.25, 0.3) is 16.7 Å². The predicted octanol–water partition coefficient (Wildman–Crippen LogP) is 2.76. The zero-order valence-electron chi connectivity index (χ0n) is 10.1. The summed E-state index contributed by atoms with van der Waals surface area (Å²) in [5, 5.41) is 9.03. The van der Waals surface area contributed by atoms with Crippen LogP contribution >= 0.6 is 0 Å². The third-order valence-electron chi connectivity index (χ3n) is 2.98. The Balaban J connectivity index is 2.37. The van der Waals surface area contributed by atoms with E-state index in [9.17, 15) is 8.78 Å².